The fourth-order valence-corrected chi connectivity index (χ4v) is 2.35. The van der Waals surface area contributed by atoms with Crippen LogP contribution in [0.2, 0.25) is 0 Å². The molecule has 0 aromatic heterocycles. The molecule has 0 unspecified atom stereocenters. The maximum atomic E-state index is 4.50. The molecule has 0 aromatic rings. The third kappa shape index (κ3) is 1.62. The highest BCUT2D eigenvalue weighted by molar-refractivity contribution is 5.84. The minimum absolute atomic E-state index is 0.0983. The van der Waals surface area contributed by atoms with Crippen molar-refractivity contribution in [2.24, 2.45) is 10.4 Å². The van der Waals surface area contributed by atoms with Gasteiger partial charge in [0.05, 0.1) is 11.4 Å². The summed E-state index contributed by atoms with van der Waals surface area (Å²) in [5, 5.41) is 3.39. The Morgan fingerprint density at radius 2 is 2.00 bits per heavy atom. The van der Waals surface area contributed by atoms with E-state index in [0.29, 0.717) is 0 Å². The Bertz CT molecular complexity index is 420. The quantitative estimate of drug-likeness (QED) is 0.750. The van der Waals surface area contributed by atoms with Crippen LogP contribution < -0.4 is 5.32 Å². The second-order valence-electron chi connectivity index (χ2n) is 4.88. The van der Waals surface area contributed by atoms with Gasteiger partial charge in [-0.05, 0) is 30.1 Å². The molecule has 2 heterocycles. The van der Waals surface area contributed by atoms with Gasteiger partial charge in [0.1, 0.15) is 0 Å². The maximum absolute atomic E-state index is 4.50. The van der Waals surface area contributed by atoms with Crippen LogP contribution in [0.1, 0.15) is 40.5 Å². The molecular weight excluding hydrogens is 196 g/mol. The molecule has 2 heteroatoms. The molecule has 0 aliphatic carbocycles. The highest BCUT2D eigenvalue weighted by Gasteiger charge is 2.33. The molecule has 1 N–H and O–H groups in total. The fraction of sp³-hybridized carbons (Fsp3) is 0.500. The average molecular weight is 216 g/mol. The normalized spacial score (nSPS) is 26.8. The summed E-state index contributed by atoms with van der Waals surface area (Å²) < 4.78 is 0. The van der Waals surface area contributed by atoms with Crippen molar-refractivity contribution in [2.45, 2.75) is 40.5 Å². The van der Waals surface area contributed by atoms with Gasteiger partial charge in [-0.1, -0.05) is 27.7 Å². The average Bonchev–Trinajstić information content (AvgIpc) is 2.81. The summed E-state index contributed by atoms with van der Waals surface area (Å²) in [6.07, 6.45) is 8.44. The number of nitrogens with one attached hydrogen (secondary N) is 1. The lowest BCUT2D eigenvalue weighted by Gasteiger charge is -2.24. The van der Waals surface area contributed by atoms with Crippen molar-refractivity contribution in [3.63, 3.8) is 0 Å². The van der Waals surface area contributed by atoms with E-state index in [1.54, 1.807) is 0 Å². The van der Waals surface area contributed by atoms with Gasteiger partial charge in [-0.3, -0.25) is 4.99 Å². The zero-order valence-electron chi connectivity index (χ0n) is 10.6. The molecule has 16 heavy (non-hydrogen) atoms. The molecule has 0 aromatic carbocycles. The van der Waals surface area contributed by atoms with Crippen LogP contribution in [-0.2, 0) is 0 Å². The predicted octanol–water partition coefficient (Wildman–Crippen LogP) is 3.54. The minimum Gasteiger partial charge on any atom is -0.363 e. The van der Waals surface area contributed by atoms with Crippen molar-refractivity contribution in [1.82, 2.24) is 5.32 Å². The van der Waals surface area contributed by atoms with Crippen LogP contribution in [0.5, 0.6) is 0 Å². The molecule has 0 saturated heterocycles. The van der Waals surface area contributed by atoms with E-state index in [-0.39, 0.29) is 5.41 Å². The zero-order valence-corrected chi connectivity index (χ0v) is 10.6. The minimum atomic E-state index is 0.0983. The van der Waals surface area contributed by atoms with Gasteiger partial charge in [0, 0.05) is 17.8 Å². The van der Waals surface area contributed by atoms with Gasteiger partial charge in [-0.2, -0.15) is 0 Å². The SMILES string of the molecule is CCC1=CC(=C2NC=C(CC)C2(C)C)N=C1. The van der Waals surface area contributed by atoms with Gasteiger partial charge in [0.2, 0.25) is 0 Å². The predicted molar refractivity (Wildman–Crippen MR) is 69.2 cm³/mol. The smallest absolute Gasteiger partial charge is 0.0834 e. The summed E-state index contributed by atoms with van der Waals surface area (Å²) in [5.41, 5.74) is 5.19. The number of rotatable bonds is 2. The number of allylic oxidation sites excluding steroid dienone is 3. The third-order valence-corrected chi connectivity index (χ3v) is 3.56. The van der Waals surface area contributed by atoms with E-state index < -0.39 is 0 Å². The van der Waals surface area contributed by atoms with Crippen LogP contribution in [0.25, 0.3) is 0 Å². The van der Waals surface area contributed by atoms with Crippen LogP contribution >= 0.6 is 0 Å². The summed E-state index contributed by atoms with van der Waals surface area (Å²) in [5.74, 6) is 0. The Kier molecular flexibility index (Phi) is 2.75. The van der Waals surface area contributed by atoms with Gasteiger partial charge in [0.15, 0.2) is 0 Å². The molecule has 2 rings (SSSR count). The van der Waals surface area contributed by atoms with E-state index in [9.17, 15) is 0 Å². The Hall–Kier alpha value is -1.31. The van der Waals surface area contributed by atoms with E-state index in [1.165, 1.54) is 16.8 Å². The lowest BCUT2D eigenvalue weighted by atomic mass is 9.81. The van der Waals surface area contributed by atoms with E-state index in [1.807, 2.05) is 6.21 Å². The first-order valence-electron chi connectivity index (χ1n) is 6.05. The van der Waals surface area contributed by atoms with Crippen LogP contribution in [0, 0.1) is 5.41 Å². The lowest BCUT2D eigenvalue weighted by molar-refractivity contribution is 0.525. The van der Waals surface area contributed by atoms with Gasteiger partial charge >= 0.3 is 0 Å². The molecule has 2 nitrogen and oxygen atoms in total. The van der Waals surface area contributed by atoms with Gasteiger partial charge < -0.3 is 5.32 Å². The zero-order chi connectivity index (χ0) is 11.8. The molecule has 0 saturated carbocycles. The van der Waals surface area contributed by atoms with Crippen molar-refractivity contribution < 1.29 is 0 Å². The Morgan fingerprint density at radius 3 is 2.50 bits per heavy atom. The van der Waals surface area contributed by atoms with Crippen molar-refractivity contribution in [3.05, 3.63) is 34.8 Å². The van der Waals surface area contributed by atoms with Crippen LogP contribution in [0.3, 0.4) is 0 Å². The van der Waals surface area contributed by atoms with E-state index in [4.69, 9.17) is 0 Å². The van der Waals surface area contributed by atoms with Crippen molar-refractivity contribution in [1.29, 1.82) is 0 Å². The second kappa shape index (κ2) is 3.93. The monoisotopic (exact) mass is 216 g/mol. The molecule has 2 aliphatic heterocycles. The van der Waals surface area contributed by atoms with E-state index >= 15 is 0 Å². The van der Waals surface area contributed by atoms with Gasteiger partial charge in [-0.15, -0.1) is 0 Å². The number of nitrogens with zero attached hydrogens (tertiary/aromatic N) is 1. The van der Waals surface area contributed by atoms with E-state index in [2.05, 4.69) is 50.3 Å². The molecule has 0 atom stereocenters. The molecule has 0 amide bonds. The molecule has 0 fully saturated rings. The Labute approximate surface area is 97.8 Å². The summed E-state index contributed by atoms with van der Waals surface area (Å²) in [6, 6.07) is 0. The standard InChI is InChI=1S/C14H20N2/c1-5-10-7-12(15-8-10)13-14(3,4)11(6-2)9-16-13/h7-9,16H,5-6H2,1-4H3. The number of hydrogen-bond donors (Lipinski definition) is 1. The van der Waals surface area contributed by atoms with Crippen LogP contribution in [-0.4, -0.2) is 6.21 Å². The topological polar surface area (TPSA) is 24.4 Å². The summed E-state index contributed by atoms with van der Waals surface area (Å²) in [7, 11) is 0. The first kappa shape index (κ1) is 11.2. The second-order valence-corrected chi connectivity index (χ2v) is 4.88. The van der Waals surface area contributed by atoms with Gasteiger partial charge in [-0.25, -0.2) is 0 Å². The summed E-state index contributed by atoms with van der Waals surface area (Å²) in [6.45, 7) is 8.89. The maximum Gasteiger partial charge on any atom is 0.0834 e. The lowest BCUT2D eigenvalue weighted by Crippen LogP contribution is -2.18. The molecule has 0 bridgehead atoms. The van der Waals surface area contributed by atoms with Gasteiger partial charge in [0.25, 0.3) is 0 Å². The number of hydrogen-bond acceptors (Lipinski definition) is 2. The van der Waals surface area contributed by atoms with Crippen LogP contribution in [0.4, 0.5) is 0 Å². The number of aliphatic imine (C=N–C) groups is 1. The first-order valence-corrected chi connectivity index (χ1v) is 6.05. The molecule has 2 aliphatic rings. The molecular formula is C14H20N2. The van der Waals surface area contributed by atoms with Crippen molar-refractivity contribution in [3.8, 4) is 0 Å². The first-order chi connectivity index (χ1) is 7.59. The molecule has 0 spiro atoms. The largest absolute Gasteiger partial charge is 0.363 e. The highest BCUT2D eigenvalue weighted by atomic mass is 15.0. The molecule has 86 valence electrons. The van der Waals surface area contributed by atoms with Crippen LogP contribution in [0.15, 0.2) is 39.8 Å². The van der Waals surface area contributed by atoms with Crippen molar-refractivity contribution in [2.75, 3.05) is 0 Å². The summed E-state index contributed by atoms with van der Waals surface area (Å²) in [4.78, 5) is 4.50. The Balaban J connectivity index is 2.36. The van der Waals surface area contributed by atoms with E-state index in [0.717, 1.165) is 18.5 Å². The summed E-state index contributed by atoms with van der Waals surface area (Å²) >= 11 is 0. The molecule has 0 radical (unpaired) electrons. The third-order valence-electron chi connectivity index (χ3n) is 3.56. The van der Waals surface area contributed by atoms with Crippen molar-refractivity contribution >= 4 is 6.21 Å². The highest BCUT2D eigenvalue weighted by Crippen LogP contribution is 2.41. The Morgan fingerprint density at radius 1 is 1.25 bits per heavy atom. The fourth-order valence-electron chi connectivity index (χ4n) is 2.35.